The predicted octanol–water partition coefficient (Wildman–Crippen LogP) is 28.2. The average Bonchev–Trinajstić information content (AvgIpc) is 1.16. The van der Waals surface area contributed by atoms with Crippen LogP contribution >= 0.6 is 0 Å². The molecule has 0 spiro atoms. The van der Waals surface area contributed by atoms with E-state index in [1.807, 2.05) is 21.1 Å². The molecule has 0 radical (unpaired) electrons. The van der Waals surface area contributed by atoms with Gasteiger partial charge in [0, 0.05) is 12.8 Å². The van der Waals surface area contributed by atoms with E-state index in [4.69, 9.17) is 18.9 Å². The molecule has 0 aliphatic rings. The van der Waals surface area contributed by atoms with Gasteiger partial charge in [-0.3, -0.25) is 9.59 Å². The number of esters is 2. The molecule has 580 valence electrons. The number of rotatable bonds is 82. The fourth-order valence-electron chi connectivity index (χ4n) is 13.2. The fourth-order valence-corrected chi connectivity index (χ4v) is 13.2. The number of likely N-dealkylation sites (N-methyl/N-ethyl adjacent to an activating group) is 1. The lowest BCUT2D eigenvalue weighted by molar-refractivity contribution is -0.870. The topological polar surface area (TPSA) is 108 Å². The third kappa shape index (κ3) is 82.2. The SMILES string of the molecule is CC/C=C\C/C=C\C/C=C\C/C=C\C/C=C\CCCCCCCCCCCCCCCCCCCCCC(=O)OC(COC(=O)CCCCCCCCCCCCCCCCCCCCCCCCCCCCCCCCCCCCCCCCC)COC(OCC[N+](C)(C)C)C(=O)O. The summed E-state index contributed by atoms with van der Waals surface area (Å²) in [4.78, 5) is 37.8. The van der Waals surface area contributed by atoms with Gasteiger partial charge in [-0.25, -0.2) is 4.79 Å². The van der Waals surface area contributed by atoms with Crippen LogP contribution in [0.2, 0.25) is 0 Å². The van der Waals surface area contributed by atoms with Crippen molar-refractivity contribution in [3.63, 3.8) is 0 Å². The Morgan fingerprint density at radius 3 is 0.859 bits per heavy atom. The zero-order chi connectivity index (χ0) is 71.8. The Hall–Kier alpha value is -3.01. The number of carbonyl (C=O) groups excluding carboxylic acids is 2. The maximum absolute atomic E-state index is 13.0. The van der Waals surface area contributed by atoms with Crippen LogP contribution in [-0.4, -0.2) is 87.4 Å². The molecule has 0 saturated heterocycles. The quantitative estimate of drug-likeness (QED) is 0.0211. The van der Waals surface area contributed by atoms with Gasteiger partial charge in [0.1, 0.15) is 13.2 Å². The number of nitrogens with zero attached hydrogens (tertiary/aromatic N) is 1. The van der Waals surface area contributed by atoms with Gasteiger partial charge in [-0.05, 0) is 57.8 Å². The number of carboxylic acids is 1. The minimum absolute atomic E-state index is 0.176. The van der Waals surface area contributed by atoms with Gasteiger partial charge < -0.3 is 28.5 Å². The van der Waals surface area contributed by atoms with Crippen molar-refractivity contribution in [3.8, 4) is 0 Å². The highest BCUT2D eigenvalue weighted by molar-refractivity contribution is 5.71. The number of quaternary nitrogens is 1. The lowest BCUT2D eigenvalue weighted by atomic mass is 10.0. The first-order valence-corrected chi connectivity index (χ1v) is 43.5. The normalized spacial score (nSPS) is 12.9. The van der Waals surface area contributed by atoms with Crippen LogP contribution < -0.4 is 0 Å². The highest BCUT2D eigenvalue weighted by atomic mass is 16.7. The Morgan fingerprint density at radius 1 is 0.313 bits per heavy atom. The van der Waals surface area contributed by atoms with E-state index in [0.717, 1.165) is 70.6 Å². The summed E-state index contributed by atoms with van der Waals surface area (Å²) in [5, 5.41) is 9.79. The molecule has 0 aliphatic heterocycles. The maximum Gasteiger partial charge on any atom is 0.361 e. The van der Waals surface area contributed by atoms with Crippen molar-refractivity contribution in [3.05, 3.63) is 60.8 Å². The van der Waals surface area contributed by atoms with Crippen LogP contribution in [0.3, 0.4) is 0 Å². The molecule has 9 heteroatoms. The maximum atomic E-state index is 13.0. The Bertz CT molecular complexity index is 1820. The van der Waals surface area contributed by atoms with Crippen molar-refractivity contribution in [2.75, 3.05) is 47.5 Å². The highest BCUT2D eigenvalue weighted by Gasteiger charge is 2.25. The van der Waals surface area contributed by atoms with Crippen LogP contribution in [-0.2, 0) is 33.3 Å². The minimum Gasteiger partial charge on any atom is -0.477 e. The van der Waals surface area contributed by atoms with Gasteiger partial charge >= 0.3 is 17.9 Å². The van der Waals surface area contributed by atoms with Gasteiger partial charge in [-0.15, -0.1) is 0 Å². The molecular weight excluding hydrogens is 1220 g/mol. The second kappa shape index (κ2) is 80.7. The fraction of sp³-hybridized carbons (Fsp3) is 0.856. The van der Waals surface area contributed by atoms with Gasteiger partial charge in [0.15, 0.2) is 6.10 Å². The van der Waals surface area contributed by atoms with Crippen molar-refractivity contribution >= 4 is 17.9 Å². The standard InChI is InChI=1S/C90H167NO8/c1-6-8-10-12-14-16-18-20-22-24-26-28-30-32-34-36-38-40-42-43-44-45-47-48-50-52-54-56-58-60-62-64-66-68-70-72-74-76-78-80-87(92)97-84-86(85-98-90(89(94)95)96-83-82-91(3,4)5)99-88(93)81-79-77-75-73-71-69-67-65-63-61-59-57-55-53-51-49-46-41-39-37-35-33-31-29-27-25-23-21-19-17-15-13-11-9-7-2/h9,11,15,17,21,23,27,29,33,35,86,90H,6-8,10,12-14,16,18-20,22,24-26,28,30-32,34,36-85H2,1-5H3/p+1/b11-9-,17-15-,23-21-,29-27-,35-33-. The van der Waals surface area contributed by atoms with Gasteiger partial charge in [0.25, 0.3) is 6.29 Å². The largest absolute Gasteiger partial charge is 0.477 e. The molecule has 0 aromatic heterocycles. The van der Waals surface area contributed by atoms with Crippen LogP contribution in [0, 0.1) is 0 Å². The summed E-state index contributed by atoms with van der Waals surface area (Å²) in [6.45, 7) is 4.84. The van der Waals surface area contributed by atoms with E-state index in [1.54, 1.807) is 0 Å². The van der Waals surface area contributed by atoms with E-state index >= 15 is 0 Å². The molecule has 0 bridgehead atoms. The van der Waals surface area contributed by atoms with Crippen molar-refractivity contribution in [1.82, 2.24) is 0 Å². The first kappa shape index (κ1) is 96.0. The summed E-state index contributed by atoms with van der Waals surface area (Å²) in [6, 6.07) is 0. The molecule has 0 amide bonds. The van der Waals surface area contributed by atoms with Crippen LogP contribution in [0.5, 0.6) is 0 Å². The molecule has 0 aliphatic carbocycles. The smallest absolute Gasteiger partial charge is 0.361 e. The Balaban J connectivity index is 3.92. The van der Waals surface area contributed by atoms with Gasteiger partial charge in [-0.1, -0.05) is 428 Å². The van der Waals surface area contributed by atoms with Crippen LogP contribution in [0.25, 0.3) is 0 Å². The van der Waals surface area contributed by atoms with Gasteiger partial charge in [-0.2, -0.15) is 0 Å². The number of hydrogen-bond donors (Lipinski definition) is 1. The Labute approximate surface area is 615 Å². The minimum atomic E-state index is -1.51. The van der Waals surface area contributed by atoms with Crippen molar-refractivity contribution in [1.29, 1.82) is 0 Å². The molecule has 0 saturated carbocycles. The van der Waals surface area contributed by atoms with Gasteiger partial charge in [0.05, 0.1) is 34.4 Å². The third-order valence-corrected chi connectivity index (χ3v) is 19.8. The Morgan fingerprint density at radius 2 is 0.576 bits per heavy atom. The number of carbonyl (C=O) groups is 3. The number of ether oxygens (including phenoxy) is 4. The molecule has 0 aromatic carbocycles. The molecule has 0 rings (SSSR count). The summed E-state index contributed by atoms with van der Waals surface area (Å²) < 4.78 is 23.1. The molecule has 0 aromatic rings. The molecule has 9 nitrogen and oxygen atoms in total. The average molecular weight is 1390 g/mol. The number of allylic oxidation sites excluding steroid dienone is 10. The van der Waals surface area contributed by atoms with E-state index in [0.29, 0.717) is 17.4 Å². The first-order chi connectivity index (χ1) is 48.6. The van der Waals surface area contributed by atoms with Gasteiger partial charge in [0.2, 0.25) is 0 Å². The second-order valence-corrected chi connectivity index (χ2v) is 30.8. The van der Waals surface area contributed by atoms with E-state index in [2.05, 4.69) is 74.6 Å². The summed E-state index contributed by atoms with van der Waals surface area (Å²) >= 11 is 0. The molecule has 1 N–H and O–H groups in total. The number of hydrogen-bond acceptors (Lipinski definition) is 7. The number of carboxylic acid groups (broad SMARTS) is 1. The molecule has 2 atom stereocenters. The lowest BCUT2D eigenvalue weighted by Crippen LogP contribution is -2.40. The lowest BCUT2D eigenvalue weighted by Gasteiger charge is -2.25. The molecule has 0 fully saturated rings. The first-order valence-electron chi connectivity index (χ1n) is 43.5. The van der Waals surface area contributed by atoms with E-state index in [-0.39, 0.29) is 38.2 Å². The molecule has 99 heavy (non-hydrogen) atoms. The van der Waals surface area contributed by atoms with Crippen molar-refractivity contribution in [2.45, 2.75) is 450 Å². The van der Waals surface area contributed by atoms with E-state index in [1.165, 1.54) is 340 Å². The van der Waals surface area contributed by atoms with E-state index < -0.39 is 18.4 Å². The van der Waals surface area contributed by atoms with Crippen molar-refractivity contribution < 1.29 is 42.9 Å². The zero-order valence-electron chi connectivity index (χ0n) is 66.7. The van der Waals surface area contributed by atoms with Crippen LogP contribution in [0.4, 0.5) is 0 Å². The summed E-state index contributed by atoms with van der Waals surface area (Å²) in [5.41, 5.74) is 0. The predicted molar refractivity (Wildman–Crippen MR) is 429 cm³/mol. The second-order valence-electron chi connectivity index (χ2n) is 30.8. The molecule has 2 unspecified atom stereocenters. The highest BCUT2D eigenvalue weighted by Crippen LogP contribution is 2.21. The number of aliphatic carboxylic acids is 1. The zero-order valence-corrected chi connectivity index (χ0v) is 66.7. The summed E-state index contributed by atoms with van der Waals surface area (Å²) in [6.07, 6.45) is 106. The van der Waals surface area contributed by atoms with Crippen LogP contribution in [0.15, 0.2) is 60.8 Å². The molecule has 0 heterocycles. The summed E-state index contributed by atoms with van der Waals surface area (Å²) in [5.74, 6) is -1.97. The summed E-state index contributed by atoms with van der Waals surface area (Å²) in [7, 11) is 6.00. The van der Waals surface area contributed by atoms with E-state index in [9.17, 15) is 19.5 Å². The number of unbranched alkanes of at least 4 members (excludes halogenated alkanes) is 57. The monoisotopic (exact) mass is 1390 g/mol. The molecular formula is C90H168NO8+. The Kier molecular flexibility index (Phi) is 78.2. The van der Waals surface area contributed by atoms with Crippen molar-refractivity contribution in [2.24, 2.45) is 0 Å². The third-order valence-electron chi connectivity index (χ3n) is 19.8. The van der Waals surface area contributed by atoms with Crippen LogP contribution in [0.1, 0.15) is 438 Å².